The highest BCUT2D eigenvalue weighted by molar-refractivity contribution is 7.13. The second-order valence-corrected chi connectivity index (χ2v) is 3.53. The number of hydrogen-bond donors (Lipinski definition) is 1. The number of nitrogens with zero attached hydrogens (tertiary/aromatic N) is 1. The first-order valence-corrected chi connectivity index (χ1v) is 4.89. The smallest absolute Gasteiger partial charge is 0.0622 e. The molecule has 0 aliphatic heterocycles. The number of hydrogen-bond acceptors (Lipinski definition) is 3. The van der Waals surface area contributed by atoms with E-state index in [1.165, 1.54) is 27.2 Å². The van der Waals surface area contributed by atoms with Gasteiger partial charge in [-0.15, -0.1) is 0 Å². The summed E-state index contributed by atoms with van der Waals surface area (Å²) in [5.41, 5.74) is 6.60. The van der Waals surface area contributed by atoms with Crippen LogP contribution in [-0.2, 0) is 0 Å². The van der Waals surface area contributed by atoms with Gasteiger partial charge in [0.25, 0.3) is 0 Å². The summed E-state index contributed by atoms with van der Waals surface area (Å²) in [5.74, 6) is 0. The van der Waals surface area contributed by atoms with Crippen LogP contribution in [0.5, 0.6) is 0 Å². The van der Waals surface area contributed by atoms with Gasteiger partial charge in [-0.1, -0.05) is 30.4 Å². The van der Waals surface area contributed by atoms with Crippen LogP contribution in [-0.4, -0.2) is 10.9 Å². The van der Waals surface area contributed by atoms with Crippen molar-refractivity contribution >= 4 is 27.7 Å². The Bertz CT molecular complexity index is 431. The Labute approximate surface area is 80.9 Å². The third-order valence-electron chi connectivity index (χ3n) is 1.85. The Morgan fingerprint density at radius 3 is 3.23 bits per heavy atom. The van der Waals surface area contributed by atoms with Crippen molar-refractivity contribution in [3.05, 3.63) is 36.0 Å². The molecule has 0 unspecified atom stereocenters. The maximum absolute atomic E-state index is 5.40. The summed E-state index contributed by atoms with van der Waals surface area (Å²) in [6, 6.07) is 6.18. The fraction of sp³-hybridized carbons (Fsp3) is 0.100. The fourth-order valence-electron chi connectivity index (χ4n) is 1.24. The topological polar surface area (TPSA) is 38.9 Å². The largest absolute Gasteiger partial charge is 0.327 e. The molecule has 3 heteroatoms. The van der Waals surface area contributed by atoms with Gasteiger partial charge in [0.1, 0.15) is 0 Å². The van der Waals surface area contributed by atoms with Crippen LogP contribution in [0.4, 0.5) is 0 Å². The van der Waals surface area contributed by atoms with Gasteiger partial charge in [-0.2, -0.15) is 4.37 Å². The summed E-state index contributed by atoms with van der Waals surface area (Å²) < 4.78 is 5.38. The minimum absolute atomic E-state index is 0.579. The van der Waals surface area contributed by atoms with E-state index in [4.69, 9.17) is 5.73 Å². The lowest BCUT2D eigenvalue weighted by Gasteiger charge is -1.93. The van der Waals surface area contributed by atoms with Crippen LogP contribution in [0.2, 0.25) is 0 Å². The molecule has 0 radical (unpaired) electrons. The zero-order chi connectivity index (χ0) is 9.10. The van der Waals surface area contributed by atoms with E-state index < -0.39 is 0 Å². The molecule has 1 aromatic carbocycles. The first-order chi connectivity index (χ1) is 6.42. The van der Waals surface area contributed by atoms with Crippen molar-refractivity contribution in [1.82, 2.24) is 4.37 Å². The number of fused-ring (bicyclic) bond motifs is 1. The van der Waals surface area contributed by atoms with E-state index in [0.29, 0.717) is 6.54 Å². The highest BCUT2D eigenvalue weighted by Gasteiger charge is 1.98. The lowest BCUT2D eigenvalue weighted by molar-refractivity contribution is 1.26. The minimum Gasteiger partial charge on any atom is -0.327 e. The number of nitrogens with two attached hydrogens (primary N) is 1. The summed E-state index contributed by atoms with van der Waals surface area (Å²) >= 11 is 1.52. The van der Waals surface area contributed by atoms with Gasteiger partial charge in [0.15, 0.2) is 0 Å². The summed E-state index contributed by atoms with van der Waals surface area (Å²) in [5, 5.41) is 1.20. The van der Waals surface area contributed by atoms with Crippen LogP contribution < -0.4 is 5.73 Å². The van der Waals surface area contributed by atoms with Crippen LogP contribution in [0.15, 0.2) is 30.5 Å². The lowest BCUT2D eigenvalue weighted by Crippen LogP contribution is -1.91. The average Bonchev–Trinajstić information content (AvgIpc) is 2.62. The van der Waals surface area contributed by atoms with Crippen molar-refractivity contribution in [2.45, 2.75) is 0 Å². The number of aromatic nitrogens is 1. The molecule has 0 bridgehead atoms. The zero-order valence-electron chi connectivity index (χ0n) is 7.10. The van der Waals surface area contributed by atoms with E-state index >= 15 is 0 Å². The van der Waals surface area contributed by atoms with Gasteiger partial charge >= 0.3 is 0 Å². The van der Waals surface area contributed by atoms with E-state index in [1.54, 1.807) is 0 Å². The van der Waals surface area contributed by atoms with Crippen LogP contribution in [0.1, 0.15) is 5.56 Å². The van der Waals surface area contributed by atoms with Crippen molar-refractivity contribution < 1.29 is 0 Å². The van der Waals surface area contributed by atoms with Gasteiger partial charge in [0, 0.05) is 18.1 Å². The molecule has 0 saturated heterocycles. The van der Waals surface area contributed by atoms with Gasteiger partial charge in [-0.25, -0.2) is 0 Å². The first kappa shape index (κ1) is 8.41. The van der Waals surface area contributed by atoms with Crippen molar-refractivity contribution in [1.29, 1.82) is 0 Å². The third-order valence-corrected chi connectivity index (χ3v) is 2.71. The SMILES string of the molecule is NC/C=C/c1cccc2cnsc12. The third kappa shape index (κ3) is 1.61. The molecule has 0 saturated carbocycles. The van der Waals surface area contributed by atoms with Gasteiger partial charge in [-0.05, 0) is 17.1 Å². The van der Waals surface area contributed by atoms with E-state index in [1.807, 2.05) is 24.4 Å². The maximum Gasteiger partial charge on any atom is 0.0622 e. The molecule has 0 fully saturated rings. The molecule has 66 valence electrons. The highest BCUT2D eigenvalue weighted by atomic mass is 32.1. The van der Waals surface area contributed by atoms with E-state index in [9.17, 15) is 0 Å². The fourth-order valence-corrected chi connectivity index (χ4v) is 1.98. The summed E-state index contributed by atoms with van der Waals surface area (Å²) in [6.07, 6.45) is 5.88. The molecule has 0 spiro atoms. The van der Waals surface area contributed by atoms with Crippen molar-refractivity contribution in [3.63, 3.8) is 0 Å². The van der Waals surface area contributed by atoms with Crippen molar-refractivity contribution in [2.24, 2.45) is 5.73 Å². The summed E-state index contributed by atoms with van der Waals surface area (Å²) in [6.45, 7) is 0.579. The van der Waals surface area contributed by atoms with Gasteiger partial charge < -0.3 is 5.73 Å². The lowest BCUT2D eigenvalue weighted by atomic mass is 10.1. The molecular weight excluding hydrogens is 180 g/mol. The van der Waals surface area contributed by atoms with Crippen molar-refractivity contribution in [3.8, 4) is 0 Å². The summed E-state index contributed by atoms with van der Waals surface area (Å²) in [4.78, 5) is 0. The zero-order valence-corrected chi connectivity index (χ0v) is 7.92. The van der Waals surface area contributed by atoms with Gasteiger partial charge in [-0.3, -0.25) is 0 Å². The van der Waals surface area contributed by atoms with Gasteiger partial charge in [0.05, 0.1) is 4.70 Å². The molecule has 2 aromatic rings. The molecule has 1 aromatic heterocycles. The second-order valence-electron chi connectivity index (χ2n) is 2.73. The van der Waals surface area contributed by atoms with E-state index in [-0.39, 0.29) is 0 Å². The second kappa shape index (κ2) is 3.68. The highest BCUT2D eigenvalue weighted by Crippen LogP contribution is 2.23. The van der Waals surface area contributed by atoms with Crippen LogP contribution in [0, 0.1) is 0 Å². The summed E-state index contributed by atoms with van der Waals surface area (Å²) in [7, 11) is 0. The Hall–Kier alpha value is -1.19. The predicted octanol–water partition coefficient (Wildman–Crippen LogP) is 2.27. The Morgan fingerprint density at radius 2 is 2.38 bits per heavy atom. The van der Waals surface area contributed by atoms with E-state index in [0.717, 1.165) is 0 Å². The average molecular weight is 190 g/mol. The maximum atomic E-state index is 5.40. The molecule has 2 nitrogen and oxygen atoms in total. The van der Waals surface area contributed by atoms with E-state index in [2.05, 4.69) is 16.5 Å². The Kier molecular flexibility index (Phi) is 2.38. The minimum atomic E-state index is 0.579. The molecule has 2 rings (SSSR count). The van der Waals surface area contributed by atoms with Crippen LogP contribution in [0.25, 0.3) is 16.2 Å². The monoisotopic (exact) mass is 190 g/mol. The number of rotatable bonds is 2. The molecular formula is C10H10N2S. The molecule has 1 heterocycles. The van der Waals surface area contributed by atoms with Crippen LogP contribution in [0.3, 0.4) is 0 Å². The van der Waals surface area contributed by atoms with Crippen molar-refractivity contribution in [2.75, 3.05) is 6.54 Å². The standard InChI is InChI=1S/C10H10N2S/c11-6-2-5-8-3-1-4-9-7-12-13-10(8)9/h1-5,7H,6,11H2/b5-2+. The molecule has 0 amide bonds. The molecule has 0 aliphatic rings. The quantitative estimate of drug-likeness (QED) is 0.789. The van der Waals surface area contributed by atoms with Gasteiger partial charge in [0.2, 0.25) is 0 Å². The van der Waals surface area contributed by atoms with Crippen LogP contribution >= 0.6 is 11.5 Å². The first-order valence-electron chi connectivity index (χ1n) is 4.12. The molecule has 0 aliphatic carbocycles. The predicted molar refractivity (Wildman–Crippen MR) is 57.7 cm³/mol. The molecule has 13 heavy (non-hydrogen) atoms. The molecule has 2 N–H and O–H groups in total. The molecule has 0 atom stereocenters. The Morgan fingerprint density at radius 1 is 1.46 bits per heavy atom. The number of benzene rings is 1. The Balaban J connectivity index is 2.54. The normalized spacial score (nSPS) is 11.5.